The van der Waals surface area contributed by atoms with E-state index in [9.17, 15) is 14.7 Å². The maximum atomic E-state index is 12.4. The number of nitrogens with two attached hydrogens (primary N) is 1. The normalized spacial score (nSPS) is 23.3. The predicted molar refractivity (Wildman–Crippen MR) is 76.3 cm³/mol. The summed E-state index contributed by atoms with van der Waals surface area (Å²) in [6.07, 6.45) is 5.11. The number of carboxylic acid groups (broad SMARTS) is 1. The molecule has 1 aliphatic rings. The number of aliphatic carboxylic acids is 1. The number of carbonyl (C=O) groups is 2. The Morgan fingerprint density at radius 1 is 1.57 bits per heavy atom. The zero-order valence-corrected chi connectivity index (χ0v) is 12.5. The second-order valence-corrected chi connectivity index (χ2v) is 5.77. The molecule has 21 heavy (non-hydrogen) atoms. The molecule has 0 radical (unpaired) electrons. The fourth-order valence-corrected chi connectivity index (χ4v) is 2.96. The van der Waals surface area contributed by atoms with Gasteiger partial charge in [0.1, 0.15) is 6.04 Å². The van der Waals surface area contributed by atoms with E-state index < -0.39 is 17.4 Å². The van der Waals surface area contributed by atoms with Crippen LogP contribution in [0.3, 0.4) is 0 Å². The van der Waals surface area contributed by atoms with Crippen molar-refractivity contribution in [1.29, 1.82) is 0 Å². The van der Waals surface area contributed by atoms with Crippen LogP contribution in [-0.4, -0.2) is 44.8 Å². The van der Waals surface area contributed by atoms with Crippen molar-refractivity contribution in [2.45, 2.75) is 32.2 Å². The minimum atomic E-state index is -0.824. The molecule has 3 N–H and O–H groups in total. The van der Waals surface area contributed by atoms with Crippen LogP contribution in [0.15, 0.2) is 12.4 Å². The van der Waals surface area contributed by atoms with Crippen LogP contribution in [0.4, 0.5) is 0 Å². The van der Waals surface area contributed by atoms with Gasteiger partial charge in [0, 0.05) is 31.9 Å². The van der Waals surface area contributed by atoms with E-state index in [-0.39, 0.29) is 12.5 Å². The Morgan fingerprint density at radius 2 is 2.29 bits per heavy atom. The van der Waals surface area contributed by atoms with Gasteiger partial charge in [-0.2, -0.15) is 5.10 Å². The van der Waals surface area contributed by atoms with Crippen molar-refractivity contribution >= 4 is 11.9 Å². The van der Waals surface area contributed by atoms with Gasteiger partial charge in [-0.3, -0.25) is 14.3 Å². The topological polar surface area (TPSA) is 101 Å². The number of rotatable bonds is 5. The monoisotopic (exact) mass is 294 g/mol. The number of hydrogen-bond donors (Lipinski definition) is 2. The zero-order valence-electron chi connectivity index (χ0n) is 12.5. The molecule has 2 rings (SSSR count). The van der Waals surface area contributed by atoms with Gasteiger partial charge in [0.25, 0.3) is 0 Å². The highest BCUT2D eigenvalue weighted by atomic mass is 16.4. The van der Waals surface area contributed by atoms with E-state index >= 15 is 0 Å². The third kappa shape index (κ3) is 2.92. The maximum absolute atomic E-state index is 12.4. The summed E-state index contributed by atoms with van der Waals surface area (Å²) < 4.78 is 1.59. The van der Waals surface area contributed by atoms with Crippen molar-refractivity contribution in [2.75, 3.05) is 13.1 Å². The summed E-state index contributed by atoms with van der Waals surface area (Å²) >= 11 is 0. The number of carbonyl (C=O) groups excluding carboxylic acids is 1. The highest BCUT2D eigenvalue weighted by molar-refractivity contribution is 5.85. The molecule has 1 amide bonds. The molecule has 2 heterocycles. The van der Waals surface area contributed by atoms with Crippen molar-refractivity contribution in [2.24, 2.45) is 18.2 Å². The summed E-state index contributed by atoms with van der Waals surface area (Å²) in [5, 5.41) is 13.5. The maximum Gasteiger partial charge on any atom is 0.311 e. The van der Waals surface area contributed by atoms with Crippen LogP contribution in [-0.2, 0) is 16.6 Å². The lowest BCUT2D eigenvalue weighted by Gasteiger charge is -2.25. The molecular formula is C14H22N4O3. The quantitative estimate of drug-likeness (QED) is 0.824. The van der Waals surface area contributed by atoms with Gasteiger partial charge < -0.3 is 15.7 Å². The Labute approximate surface area is 123 Å². The van der Waals surface area contributed by atoms with Crippen molar-refractivity contribution in [3.63, 3.8) is 0 Å². The van der Waals surface area contributed by atoms with Crippen molar-refractivity contribution < 1.29 is 14.7 Å². The first-order valence-electron chi connectivity index (χ1n) is 7.16. The first-order chi connectivity index (χ1) is 9.89. The number of amides is 1. The third-order valence-corrected chi connectivity index (χ3v) is 4.20. The van der Waals surface area contributed by atoms with Crippen molar-refractivity contribution in [1.82, 2.24) is 14.7 Å². The highest BCUT2D eigenvalue weighted by Crippen LogP contribution is 2.36. The fraction of sp³-hybridized carbons (Fsp3) is 0.643. The Kier molecular flexibility index (Phi) is 4.32. The van der Waals surface area contributed by atoms with E-state index in [0.717, 1.165) is 6.42 Å². The van der Waals surface area contributed by atoms with E-state index in [1.807, 2.05) is 6.92 Å². The second kappa shape index (κ2) is 5.85. The Morgan fingerprint density at radius 3 is 2.81 bits per heavy atom. The minimum absolute atomic E-state index is 0.234. The lowest BCUT2D eigenvalue weighted by molar-refractivity contribution is -0.149. The summed E-state index contributed by atoms with van der Waals surface area (Å²) in [5.41, 5.74) is 5.80. The average Bonchev–Trinajstić information content (AvgIpc) is 3.05. The van der Waals surface area contributed by atoms with Gasteiger partial charge in [-0.1, -0.05) is 13.3 Å². The standard InChI is InChI=1S/C14H22N4O3/c1-3-4-14(13(20)21)5-6-18(9-14)12(19)11(15)10-7-16-17(2)8-10/h7-8,11H,3-6,9,15H2,1-2H3,(H,20,21). The molecule has 7 heteroatoms. The second-order valence-electron chi connectivity index (χ2n) is 5.77. The molecule has 0 bridgehead atoms. The molecule has 0 aliphatic carbocycles. The molecular weight excluding hydrogens is 272 g/mol. The van der Waals surface area contributed by atoms with E-state index in [0.29, 0.717) is 24.9 Å². The molecule has 0 saturated carbocycles. The van der Waals surface area contributed by atoms with Gasteiger partial charge in [0.05, 0.1) is 11.6 Å². The van der Waals surface area contributed by atoms with Crippen LogP contribution >= 0.6 is 0 Å². The van der Waals surface area contributed by atoms with Gasteiger partial charge >= 0.3 is 5.97 Å². The summed E-state index contributed by atoms with van der Waals surface area (Å²) in [6.45, 7) is 2.64. The fourth-order valence-electron chi connectivity index (χ4n) is 2.96. The SMILES string of the molecule is CCCC1(C(=O)O)CCN(C(=O)C(N)c2cnn(C)c2)C1. The Hall–Kier alpha value is -1.89. The molecule has 0 aromatic carbocycles. The molecule has 116 valence electrons. The average molecular weight is 294 g/mol. The van der Waals surface area contributed by atoms with Crippen LogP contribution < -0.4 is 5.73 Å². The molecule has 2 unspecified atom stereocenters. The lowest BCUT2D eigenvalue weighted by Crippen LogP contribution is -2.40. The van der Waals surface area contributed by atoms with Crippen LogP contribution in [0.25, 0.3) is 0 Å². The van der Waals surface area contributed by atoms with E-state index in [4.69, 9.17) is 5.73 Å². The number of likely N-dealkylation sites (tertiary alicyclic amines) is 1. The molecule has 1 saturated heterocycles. The predicted octanol–water partition coefficient (Wildman–Crippen LogP) is 0.523. The van der Waals surface area contributed by atoms with Crippen molar-refractivity contribution in [3.8, 4) is 0 Å². The third-order valence-electron chi connectivity index (χ3n) is 4.20. The molecule has 0 spiro atoms. The van der Waals surface area contributed by atoms with Gasteiger partial charge in [0.15, 0.2) is 0 Å². The van der Waals surface area contributed by atoms with Crippen LogP contribution in [0.1, 0.15) is 37.8 Å². The van der Waals surface area contributed by atoms with Crippen LogP contribution in [0.2, 0.25) is 0 Å². The highest BCUT2D eigenvalue weighted by Gasteiger charge is 2.46. The number of carboxylic acids is 1. The molecule has 1 aromatic heterocycles. The largest absolute Gasteiger partial charge is 0.481 e. The summed E-state index contributed by atoms with van der Waals surface area (Å²) in [4.78, 5) is 25.6. The van der Waals surface area contributed by atoms with E-state index in [1.54, 1.807) is 29.0 Å². The summed E-state index contributed by atoms with van der Waals surface area (Å²) in [7, 11) is 1.76. The van der Waals surface area contributed by atoms with Gasteiger partial charge in [-0.05, 0) is 12.8 Å². The van der Waals surface area contributed by atoms with Crippen molar-refractivity contribution in [3.05, 3.63) is 18.0 Å². The number of aromatic nitrogens is 2. The number of aryl methyl sites for hydroxylation is 1. The summed E-state index contributed by atoms with van der Waals surface area (Å²) in [6, 6.07) is -0.787. The van der Waals surface area contributed by atoms with Crippen LogP contribution in [0.5, 0.6) is 0 Å². The number of nitrogens with zero attached hydrogens (tertiary/aromatic N) is 3. The van der Waals surface area contributed by atoms with Gasteiger partial charge in [0.2, 0.25) is 5.91 Å². The number of hydrogen-bond acceptors (Lipinski definition) is 4. The van der Waals surface area contributed by atoms with Gasteiger partial charge in [-0.15, -0.1) is 0 Å². The first kappa shape index (κ1) is 15.5. The Balaban J connectivity index is 2.09. The first-order valence-corrected chi connectivity index (χ1v) is 7.16. The summed E-state index contributed by atoms with van der Waals surface area (Å²) in [5.74, 6) is -1.06. The molecule has 1 fully saturated rings. The molecule has 2 atom stereocenters. The van der Waals surface area contributed by atoms with Crippen LogP contribution in [0, 0.1) is 5.41 Å². The smallest absolute Gasteiger partial charge is 0.311 e. The van der Waals surface area contributed by atoms with E-state index in [1.165, 1.54) is 0 Å². The molecule has 1 aromatic rings. The minimum Gasteiger partial charge on any atom is -0.481 e. The van der Waals surface area contributed by atoms with E-state index in [2.05, 4.69) is 5.10 Å². The molecule has 1 aliphatic heterocycles. The zero-order chi connectivity index (χ0) is 15.6. The molecule has 7 nitrogen and oxygen atoms in total. The van der Waals surface area contributed by atoms with Gasteiger partial charge in [-0.25, -0.2) is 0 Å². The Bertz CT molecular complexity index is 542. The lowest BCUT2D eigenvalue weighted by atomic mass is 9.83.